The molecule has 2 heterocycles. The Morgan fingerprint density at radius 2 is 1.07 bits per heavy atom. The van der Waals surface area contributed by atoms with Gasteiger partial charge in [-0.05, 0) is 37.8 Å². The molecule has 4 N–H and O–H groups in total. The fraction of sp³-hybridized carbons (Fsp3) is 0.762. The smallest absolute Gasteiger partial charge is 0.0545 e. The molecule has 1 aliphatic heterocycles. The third-order valence-electron chi connectivity index (χ3n) is 6.43. The number of aromatic nitrogens is 1. The van der Waals surface area contributed by atoms with Crippen molar-refractivity contribution >= 4 is 20.2 Å². The number of pyridine rings is 1. The molecule has 0 aromatic carbocycles. The van der Waals surface area contributed by atoms with Crippen LogP contribution in [0.1, 0.15) is 62.8 Å². The first-order valence-electron chi connectivity index (χ1n) is 11.1. The average Bonchev–Trinajstić information content (AvgIpc) is 2.76. The minimum Gasteiger partial charge on any atom is -0.311 e. The zero-order valence-electron chi connectivity index (χ0n) is 17.1. The van der Waals surface area contributed by atoms with Crippen molar-refractivity contribution in [1.82, 2.24) is 26.3 Å². The van der Waals surface area contributed by atoms with Gasteiger partial charge in [-0.25, -0.2) is 0 Å². The van der Waals surface area contributed by atoms with Gasteiger partial charge in [0.2, 0.25) is 0 Å². The monoisotopic (exact) mass is 482 g/mol. The van der Waals surface area contributed by atoms with Gasteiger partial charge >= 0.3 is 33.3 Å². The number of hydrogen-bond acceptors (Lipinski definition) is 5. The van der Waals surface area contributed by atoms with Crippen molar-refractivity contribution in [2.45, 2.75) is 88.6 Å². The van der Waals surface area contributed by atoms with E-state index in [1.165, 1.54) is 62.8 Å². The first-order valence-corrected chi connectivity index (χ1v) is 14.3. The van der Waals surface area contributed by atoms with Gasteiger partial charge in [0.15, 0.2) is 0 Å². The fourth-order valence-electron chi connectivity index (χ4n) is 4.95. The van der Waals surface area contributed by atoms with Crippen LogP contribution in [0, 0.1) is 0 Å². The van der Waals surface area contributed by atoms with Crippen molar-refractivity contribution in [3.63, 3.8) is 0 Å². The Labute approximate surface area is 190 Å². The second-order valence-corrected chi connectivity index (χ2v) is 10.3. The normalized spacial score (nSPS) is 31.1. The van der Waals surface area contributed by atoms with E-state index in [4.69, 9.17) is 25.2 Å². The predicted octanol–water partition coefficient (Wildman–Crippen LogP) is 3.45. The summed E-state index contributed by atoms with van der Waals surface area (Å²) in [7, 11) is 9.59. The Balaban J connectivity index is 0.000000755. The Morgan fingerprint density at radius 3 is 1.48 bits per heavy atom. The number of hydrogen-bond donors (Lipinski definition) is 4. The van der Waals surface area contributed by atoms with Crippen LogP contribution in [0.5, 0.6) is 0 Å². The van der Waals surface area contributed by atoms with Gasteiger partial charge in [-0.3, -0.25) is 4.98 Å². The van der Waals surface area contributed by atoms with Crippen LogP contribution < -0.4 is 21.3 Å². The van der Waals surface area contributed by atoms with Crippen molar-refractivity contribution in [3.8, 4) is 0 Å². The molecule has 4 rings (SSSR count). The first-order chi connectivity index (χ1) is 14.3. The van der Waals surface area contributed by atoms with Crippen LogP contribution in [0.3, 0.4) is 0 Å². The van der Waals surface area contributed by atoms with E-state index in [-0.39, 0.29) is 13.1 Å². The van der Waals surface area contributed by atoms with Crippen LogP contribution in [0.15, 0.2) is 18.2 Å². The maximum absolute atomic E-state index is 4.89. The summed E-state index contributed by atoms with van der Waals surface area (Å²) in [6, 6.07) is 8.81. The van der Waals surface area contributed by atoms with Gasteiger partial charge in [0, 0.05) is 50.3 Å². The topological polar surface area (TPSA) is 61.0 Å². The molecule has 1 aromatic heterocycles. The quantitative estimate of drug-likeness (QED) is 0.426. The average molecular weight is 483 g/mol. The van der Waals surface area contributed by atoms with Crippen molar-refractivity contribution < 1.29 is 13.1 Å². The minimum atomic E-state index is 0.00694. The molecule has 2 unspecified atom stereocenters. The molecule has 2 fully saturated rings. The molecule has 2 aliphatic carbocycles. The van der Waals surface area contributed by atoms with E-state index < -0.39 is 0 Å². The van der Waals surface area contributed by atoms with Crippen LogP contribution in [0.25, 0.3) is 0 Å². The predicted molar refractivity (Wildman–Crippen MR) is 118 cm³/mol. The van der Waals surface area contributed by atoms with E-state index >= 15 is 0 Å². The van der Waals surface area contributed by atoms with Crippen molar-refractivity contribution in [3.05, 3.63) is 29.6 Å². The van der Waals surface area contributed by atoms with E-state index in [1.54, 1.807) is 0 Å². The van der Waals surface area contributed by atoms with Gasteiger partial charge in [0.1, 0.15) is 0 Å². The molecule has 0 spiro atoms. The molecule has 8 heteroatoms. The first kappa shape index (κ1) is 23.7. The summed E-state index contributed by atoms with van der Waals surface area (Å²) in [4.78, 5) is 4.89. The summed E-state index contributed by atoms with van der Waals surface area (Å²) in [5, 5.41) is 15.2. The molecule has 2 saturated carbocycles. The van der Waals surface area contributed by atoms with Crippen molar-refractivity contribution in [2.75, 3.05) is 13.1 Å². The summed E-state index contributed by atoms with van der Waals surface area (Å²) in [5.74, 6) is 0. The Kier molecular flexibility index (Phi) is 11.0. The van der Waals surface area contributed by atoms with Gasteiger partial charge in [-0.1, -0.05) is 31.7 Å². The number of nitrogens with one attached hydrogen (secondary N) is 4. The summed E-state index contributed by atoms with van der Waals surface area (Å²) in [6.45, 7) is 3.89. The minimum absolute atomic E-state index is 0.00694. The number of nitrogens with zero attached hydrogens (tertiary/aromatic N) is 1. The maximum Gasteiger partial charge on any atom is 0.0545 e. The molecular formula is C21H35Cl2MnN5. The molecule has 4 atom stereocenters. The molecular weight excluding hydrogens is 448 g/mol. The third-order valence-corrected chi connectivity index (χ3v) is 6.43. The van der Waals surface area contributed by atoms with Crippen molar-refractivity contribution in [2.24, 2.45) is 0 Å². The molecule has 165 valence electrons. The molecule has 1 aromatic rings. The van der Waals surface area contributed by atoms with Crippen LogP contribution in [0.4, 0.5) is 0 Å². The van der Waals surface area contributed by atoms with Crippen LogP contribution in [0.2, 0.25) is 0 Å². The number of fused-ring (bicyclic) bond motifs is 4. The van der Waals surface area contributed by atoms with Gasteiger partial charge in [0.05, 0.1) is 11.4 Å². The van der Waals surface area contributed by atoms with E-state index in [0.29, 0.717) is 24.2 Å². The zero-order chi connectivity index (χ0) is 20.3. The fourth-order valence-corrected chi connectivity index (χ4v) is 4.95. The molecule has 3 aliphatic rings. The second-order valence-electron chi connectivity index (χ2n) is 8.34. The standard InChI is InChI=1S/C21H35N5.2ClH.Mn/c1-3-10-20-18(8-1)22-12-13-23-19-9-2-4-11-21(19)25-15-17-7-5-6-16(26-17)14-24-20;;;/h5-7,18-25H,1-4,8-15H2;2*1H;/q;;;+2/p-2/t18?,19?,20-,21-;;;/m1.../s1. The van der Waals surface area contributed by atoms with E-state index in [0.717, 1.165) is 26.2 Å². The maximum atomic E-state index is 4.89. The van der Waals surface area contributed by atoms with Crippen LogP contribution in [-0.2, 0) is 26.2 Å². The third kappa shape index (κ3) is 7.93. The van der Waals surface area contributed by atoms with Gasteiger partial charge < -0.3 is 21.3 Å². The molecule has 29 heavy (non-hydrogen) atoms. The van der Waals surface area contributed by atoms with Crippen LogP contribution in [-0.4, -0.2) is 42.2 Å². The molecule has 0 radical (unpaired) electrons. The SMILES string of the molecule is [Cl][Mn][Cl].c1cc2nc(c1)CN[C@@H]1CCCCC1NCCNC1CCCC[C@H]1NC2. The number of rotatable bonds is 0. The Morgan fingerprint density at radius 1 is 0.690 bits per heavy atom. The van der Waals surface area contributed by atoms with E-state index in [9.17, 15) is 0 Å². The molecule has 5 nitrogen and oxygen atoms in total. The Bertz CT molecular complexity index is 549. The Hall–Kier alpha value is 0.0895. The van der Waals surface area contributed by atoms with Gasteiger partial charge in [-0.2, -0.15) is 0 Å². The summed E-state index contributed by atoms with van der Waals surface area (Å²) in [6.07, 6.45) is 10.5. The number of halogens is 2. The van der Waals surface area contributed by atoms with Gasteiger partial charge in [-0.15, -0.1) is 0 Å². The van der Waals surface area contributed by atoms with Crippen molar-refractivity contribution in [1.29, 1.82) is 0 Å². The van der Waals surface area contributed by atoms with Crippen LogP contribution >= 0.6 is 20.2 Å². The zero-order valence-corrected chi connectivity index (χ0v) is 19.8. The van der Waals surface area contributed by atoms with Gasteiger partial charge in [0.25, 0.3) is 0 Å². The molecule has 2 bridgehead atoms. The summed E-state index contributed by atoms with van der Waals surface area (Å²) in [5.41, 5.74) is 2.34. The van der Waals surface area contributed by atoms with E-state index in [2.05, 4.69) is 39.5 Å². The second kappa shape index (κ2) is 13.5. The largest absolute Gasteiger partial charge is 0.311 e. The molecule has 0 saturated heterocycles. The summed E-state index contributed by atoms with van der Waals surface area (Å²) >= 11 is 0.00694. The van der Waals surface area contributed by atoms with E-state index in [1.807, 2.05) is 0 Å². The summed E-state index contributed by atoms with van der Waals surface area (Å²) < 4.78 is 0. The molecule has 0 amide bonds.